The molecule has 1 aromatic rings. The van der Waals surface area contributed by atoms with Gasteiger partial charge >= 0.3 is 6.09 Å². The van der Waals surface area contributed by atoms with Gasteiger partial charge in [-0.15, -0.1) is 11.8 Å². The maximum atomic E-state index is 13.0. The van der Waals surface area contributed by atoms with E-state index in [2.05, 4.69) is 13.8 Å². The molecule has 2 aliphatic rings. The zero-order valence-corrected chi connectivity index (χ0v) is 18.0. The van der Waals surface area contributed by atoms with E-state index in [-0.39, 0.29) is 24.1 Å². The molecule has 0 bridgehead atoms. The summed E-state index contributed by atoms with van der Waals surface area (Å²) in [4.78, 5) is 30.1. The number of cyclic esters (lactones) is 1. The van der Waals surface area contributed by atoms with E-state index in [0.717, 1.165) is 24.2 Å². The molecule has 0 spiro atoms. The average Bonchev–Trinajstić information content (AvgIpc) is 3.06. The van der Waals surface area contributed by atoms with Gasteiger partial charge in [-0.2, -0.15) is 0 Å². The van der Waals surface area contributed by atoms with Gasteiger partial charge in [0, 0.05) is 24.0 Å². The van der Waals surface area contributed by atoms with E-state index in [0.29, 0.717) is 36.9 Å². The highest BCUT2D eigenvalue weighted by molar-refractivity contribution is 7.98. The maximum Gasteiger partial charge on any atom is 0.410 e. The Kier molecular flexibility index (Phi) is 6.75. The highest BCUT2D eigenvalue weighted by Crippen LogP contribution is 2.30. The zero-order valence-electron chi connectivity index (χ0n) is 17.1. The van der Waals surface area contributed by atoms with Gasteiger partial charge in [0.2, 0.25) is 0 Å². The van der Waals surface area contributed by atoms with Crippen LogP contribution < -0.4 is 4.74 Å². The van der Waals surface area contributed by atoms with Crippen molar-refractivity contribution in [3.8, 4) is 5.75 Å². The number of hydrogen-bond donors (Lipinski definition) is 0. The van der Waals surface area contributed by atoms with Crippen molar-refractivity contribution in [3.63, 3.8) is 0 Å². The number of likely N-dealkylation sites (tertiary alicyclic amines) is 1. The van der Waals surface area contributed by atoms with Crippen LogP contribution in [0.3, 0.4) is 0 Å². The van der Waals surface area contributed by atoms with Crippen LogP contribution in [0.2, 0.25) is 0 Å². The fraction of sp³-hybridized carbons (Fsp3) is 0.619. The summed E-state index contributed by atoms with van der Waals surface area (Å²) in [5.74, 6) is 1.12. The first-order valence-electron chi connectivity index (χ1n) is 9.91. The molecule has 2 aliphatic heterocycles. The number of rotatable bonds is 6. The molecule has 0 radical (unpaired) electrons. The van der Waals surface area contributed by atoms with Crippen LogP contribution in [0, 0.1) is 5.92 Å². The van der Waals surface area contributed by atoms with Crippen LogP contribution in [0.15, 0.2) is 23.1 Å². The summed E-state index contributed by atoms with van der Waals surface area (Å²) in [6.45, 7) is 6.08. The first kappa shape index (κ1) is 20.8. The molecular weight excluding hydrogens is 376 g/mol. The second kappa shape index (κ2) is 9.07. The first-order valence-corrected chi connectivity index (χ1v) is 11.1. The van der Waals surface area contributed by atoms with Crippen LogP contribution in [0.1, 0.15) is 43.5 Å². The maximum absolute atomic E-state index is 13.0. The molecule has 2 amide bonds. The van der Waals surface area contributed by atoms with Gasteiger partial charge in [0.15, 0.2) is 0 Å². The normalized spacial score (nSPS) is 20.6. The molecule has 2 heterocycles. The van der Waals surface area contributed by atoms with E-state index in [1.165, 1.54) is 0 Å². The smallest absolute Gasteiger partial charge is 0.410 e. The molecule has 2 saturated heterocycles. The number of piperidine rings is 1. The van der Waals surface area contributed by atoms with Gasteiger partial charge in [-0.3, -0.25) is 9.69 Å². The Morgan fingerprint density at radius 2 is 2.04 bits per heavy atom. The minimum absolute atomic E-state index is 0.00863. The van der Waals surface area contributed by atoms with E-state index in [1.54, 1.807) is 18.9 Å². The lowest BCUT2D eigenvalue weighted by molar-refractivity contribution is 0.0627. The van der Waals surface area contributed by atoms with Crippen molar-refractivity contribution >= 4 is 23.8 Å². The van der Waals surface area contributed by atoms with Crippen LogP contribution >= 0.6 is 11.8 Å². The molecule has 2 fully saturated rings. The number of benzene rings is 1. The number of amides is 2. The van der Waals surface area contributed by atoms with Gasteiger partial charge in [0.1, 0.15) is 12.4 Å². The Balaban J connectivity index is 1.65. The van der Waals surface area contributed by atoms with Crippen LogP contribution in [0.5, 0.6) is 5.75 Å². The topological polar surface area (TPSA) is 59.1 Å². The average molecular weight is 407 g/mol. The third-order valence-corrected chi connectivity index (χ3v) is 6.26. The number of carbonyl (C=O) groups excluding carboxylic acids is 2. The third-order valence-electron chi connectivity index (χ3n) is 5.53. The van der Waals surface area contributed by atoms with Crippen molar-refractivity contribution in [2.45, 2.75) is 50.1 Å². The summed E-state index contributed by atoms with van der Waals surface area (Å²) in [7, 11) is 1.59. The predicted molar refractivity (Wildman–Crippen MR) is 110 cm³/mol. The van der Waals surface area contributed by atoms with Gasteiger partial charge in [-0.1, -0.05) is 13.8 Å². The van der Waals surface area contributed by atoms with Crippen molar-refractivity contribution in [2.75, 3.05) is 33.1 Å². The van der Waals surface area contributed by atoms with E-state index < -0.39 is 0 Å². The molecule has 0 saturated carbocycles. The summed E-state index contributed by atoms with van der Waals surface area (Å²) >= 11 is 1.62. The standard InChI is InChI=1S/C21H30N2O4S/c1-14(2)11-16-13-27-21(25)23(16)15-7-9-22(10-8-15)20(24)18-6-5-17(28-4)12-19(18)26-3/h5-6,12,14-16H,7-11,13H2,1-4H3/t16-/m0/s1. The van der Waals surface area contributed by atoms with Crippen molar-refractivity contribution in [1.82, 2.24) is 9.80 Å². The molecular formula is C21H30N2O4S. The lowest BCUT2D eigenvalue weighted by Crippen LogP contribution is -2.50. The minimum Gasteiger partial charge on any atom is -0.496 e. The lowest BCUT2D eigenvalue weighted by Gasteiger charge is -2.38. The van der Waals surface area contributed by atoms with Gasteiger partial charge in [0.25, 0.3) is 5.91 Å². The largest absolute Gasteiger partial charge is 0.496 e. The second-order valence-corrected chi connectivity index (χ2v) is 8.74. The monoisotopic (exact) mass is 406 g/mol. The summed E-state index contributed by atoms with van der Waals surface area (Å²) in [5.41, 5.74) is 0.594. The van der Waals surface area contributed by atoms with Crippen molar-refractivity contribution < 1.29 is 19.1 Å². The lowest BCUT2D eigenvalue weighted by atomic mass is 9.97. The minimum atomic E-state index is -0.204. The van der Waals surface area contributed by atoms with Crippen molar-refractivity contribution in [3.05, 3.63) is 23.8 Å². The Hall–Kier alpha value is -1.89. The van der Waals surface area contributed by atoms with E-state index in [4.69, 9.17) is 9.47 Å². The predicted octanol–water partition coefficient (Wildman–Crippen LogP) is 3.89. The highest BCUT2D eigenvalue weighted by Gasteiger charge is 2.40. The molecule has 7 heteroatoms. The first-order chi connectivity index (χ1) is 13.4. The molecule has 0 aliphatic carbocycles. The van der Waals surface area contributed by atoms with Crippen LogP contribution in [0.25, 0.3) is 0 Å². The number of hydrogen-bond acceptors (Lipinski definition) is 5. The van der Waals surface area contributed by atoms with E-state index in [9.17, 15) is 9.59 Å². The number of nitrogens with zero attached hydrogens (tertiary/aromatic N) is 2. The molecule has 0 N–H and O–H groups in total. The Labute approximate surface area is 171 Å². The summed E-state index contributed by atoms with van der Waals surface area (Å²) < 4.78 is 10.8. The summed E-state index contributed by atoms with van der Waals surface area (Å²) in [5, 5.41) is 0. The van der Waals surface area contributed by atoms with Gasteiger partial charge < -0.3 is 14.4 Å². The summed E-state index contributed by atoms with van der Waals surface area (Å²) in [6, 6.07) is 5.99. The molecule has 28 heavy (non-hydrogen) atoms. The van der Waals surface area contributed by atoms with Crippen LogP contribution in [-0.2, 0) is 4.74 Å². The number of ether oxygens (including phenoxy) is 2. The van der Waals surface area contributed by atoms with E-state index in [1.807, 2.05) is 34.3 Å². The molecule has 1 atom stereocenters. The molecule has 0 unspecified atom stereocenters. The van der Waals surface area contributed by atoms with E-state index >= 15 is 0 Å². The summed E-state index contributed by atoms with van der Waals surface area (Å²) in [6.07, 6.45) is 4.30. The number of carbonyl (C=O) groups is 2. The van der Waals surface area contributed by atoms with Gasteiger partial charge in [-0.05, 0) is 49.6 Å². The number of methoxy groups -OCH3 is 1. The van der Waals surface area contributed by atoms with Crippen LogP contribution in [-0.4, -0.2) is 66.9 Å². The quantitative estimate of drug-likeness (QED) is 0.671. The fourth-order valence-corrected chi connectivity index (χ4v) is 4.57. The van der Waals surface area contributed by atoms with Crippen molar-refractivity contribution in [2.24, 2.45) is 5.92 Å². The molecule has 3 rings (SSSR count). The zero-order chi connectivity index (χ0) is 20.3. The molecule has 1 aromatic carbocycles. The Morgan fingerprint density at radius 3 is 2.64 bits per heavy atom. The fourth-order valence-electron chi connectivity index (χ4n) is 4.14. The Bertz CT molecular complexity index is 716. The SMILES string of the molecule is COc1cc(SC)ccc1C(=O)N1CCC(N2C(=O)OC[C@@H]2CC(C)C)CC1. The second-order valence-electron chi connectivity index (χ2n) is 7.86. The van der Waals surface area contributed by atoms with Gasteiger partial charge in [-0.25, -0.2) is 4.79 Å². The Morgan fingerprint density at radius 1 is 1.32 bits per heavy atom. The molecule has 0 aromatic heterocycles. The van der Waals surface area contributed by atoms with Crippen molar-refractivity contribution in [1.29, 1.82) is 0 Å². The van der Waals surface area contributed by atoms with Crippen LogP contribution in [0.4, 0.5) is 4.79 Å². The third kappa shape index (κ3) is 4.40. The molecule has 154 valence electrons. The molecule has 6 nitrogen and oxygen atoms in total. The van der Waals surface area contributed by atoms with Gasteiger partial charge in [0.05, 0.1) is 18.7 Å². The highest BCUT2D eigenvalue weighted by atomic mass is 32.2. The number of thioether (sulfide) groups is 1.